The van der Waals surface area contributed by atoms with Gasteiger partial charge in [-0.2, -0.15) is 18.3 Å². The molecule has 0 unspecified atom stereocenters. The fourth-order valence-electron chi connectivity index (χ4n) is 1.02. The van der Waals surface area contributed by atoms with Crippen LogP contribution in [0.3, 0.4) is 0 Å². The van der Waals surface area contributed by atoms with Gasteiger partial charge in [0.25, 0.3) is 0 Å². The van der Waals surface area contributed by atoms with Crippen LogP contribution in [0.4, 0.5) is 13.2 Å². The van der Waals surface area contributed by atoms with E-state index >= 15 is 0 Å². The first-order chi connectivity index (χ1) is 7.13. The SMILES string of the molecule is CC(=O)[C@@](C)(O)Cn1cc(C(F)(F)F)cn1. The zero-order valence-corrected chi connectivity index (χ0v) is 8.75. The van der Waals surface area contributed by atoms with Gasteiger partial charge in [0.05, 0.1) is 18.3 Å². The molecule has 0 spiro atoms. The fraction of sp³-hybridized carbons (Fsp3) is 0.556. The monoisotopic (exact) mass is 236 g/mol. The summed E-state index contributed by atoms with van der Waals surface area (Å²) in [6.45, 7) is 2.08. The summed E-state index contributed by atoms with van der Waals surface area (Å²) >= 11 is 0. The van der Waals surface area contributed by atoms with Gasteiger partial charge in [0.1, 0.15) is 5.60 Å². The van der Waals surface area contributed by atoms with Gasteiger partial charge in [-0.3, -0.25) is 9.48 Å². The molecule has 1 rings (SSSR count). The molecule has 0 aliphatic carbocycles. The van der Waals surface area contributed by atoms with Gasteiger partial charge in [-0.25, -0.2) is 0 Å². The van der Waals surface area contributed by atoms with Crippen LogP contribution in [-0.4, -0.2) is 26.3 Å². The van der Waals surface area contributed by atoms with Crippen LogP contribution in [0.5, 0.6) is 0 Å². The van der Waals surface area contributed by atoms with Crippen molar-refractivity contribution in [3.8, 4) is 0 Å². The second kappa shape index (κ2) is 3.89. The van der Waals surface area contributed by atoms with Crippen LogP contribution < -0.4 is 0 Å². The Hall–Kier alpha value is -1.37. The number of aliphatic hydroxyl groups is 1. The summed E-state index contributed by atoms with van der Waals surface area (Å²) in [5, 5.41) is 13.0. The number of halogens is 3. The molecular formula is C9H11F3N2O2. The van der Waals surface area contributed by atoms with Crippen LogP contribution in [0.2, 0.25) is 0 Å². The lowest BCUT2D eigenvalue weighted by atomic mass is 10.0. The number of Topliss-reactive ketones (excluding diaryl/α,β-unsaturated/α-hetero) is 1. The maximum atomic E-state index is 12.2. The standard InChI is InChI=1S/C9H11F3N2O2/c1-6(15)8(2,16)5-14-4-7(3-13-14)9(10,11)12/h3-4,16H,5H2,1-2H3/t8-/m0/s1. The van der Waals surface area contributed by atoms with Gasteiger partial charge in [-0.05, 0) is 13.8 Å². The third-order valence-corrected chi connectivity index (χ3v) is 2.19. The lowest BCUT2D eigenvalue weighted by Gasteiger charge is -2.19. The quantitative estimate of drug-likeness (QED) is 0.859. The van der Waals surface area contributed by atoms with Crippen molar-refractivity contribution < 1.29 is 23.1 Å². The lowest BCUT2D eigenvalue weighted by molar-refractivity contribution is -0.137. The highest BCUT2D eigenvalue weighted by molar-refractivity contribution is 5.83. The van der Waals surface area contributed by atoms with Crippen molar-refractivity contribution in [3.05, 3.63) is 18.0 Å². The Balaban J connectivity index is 2.85. The molecule has 0 saturated heterocycles. The minimum absolute atomic E-state index is 0.307. The molecule has 0 aromatic carbocycles. The Morgan fingerprint density at radius 1 is 1.56 bits per heavy atom. The van der Waals surface area contributed by atoms with Crippen molar-refractivity contribution in [1.29, 1.82) is 0 Å². The van der Waals surface area contributed by atoms with Crippen LogP contribution in [0.15, 0.2) is 12.4 Å². The first-order valence-electron chi connectivity index (χ1n) is 4.46. The molecule has 0 radical (unpaired) electrons. The van der Waals surface area contributed by atoms with Crippen molar-refractivity contribution in [1.82, 2.24) is 9.78 Å². The fourth-order valence-corrected chi connectivity index (χ4v) is 1.02. The molecule has 1 N–H and O–H groups in total. The lowest BCUT2D eigenvalue weighted by Crippen LogP contribution is -2.38. The van der Waals surface area contributed by atoms with Gasteiger partial charge in [0.15, 0.2) is 5.78 Å². The largest absolute Gasteiger partial charge is 0.419 e. The van der Waals surface area contributed by atoms with E-state index in [0.29, 0.717) is 6.20 Å². The molecule has 4 nitrogen and oxygen atoms in total. The minimum atomic E-state index is -4.47. The number of hydrogen-bond donors (Lipinski definition) is 1. The predicted molar refractivity (Wildman–Crippen MR) is 48.5 cm³/mol. The summed E-state index contributed by atoms with van der Waals surface area (Å²) in [5.74, 6) is -0.531. The molecular weight excluding hydrogens is 225 g/mol. The summed E-state index contributed by atoms with van der Waals surface area (Å²) in [4.78, 5) is 11.0. The van der Waals surface area contributed by atoms with Crippen LogP contribution in [0.1, 0.15) is 19.4 Å². The molecule has 0 amide bonds. The number of rotatable bonds is 3. The first kappa shape index (κ1) is 12.7. The Labute approximate surface area is 89.7 Å². The van der Waals surface area contributed by atoms with Crippen molar-refractivity contribution in [2.45, 2.75) is 32.2 Å². The van der Waals surface area contributed by atoms with Crippen molar-refractivity contribution in [3.63, 3.8) is 0 Å². The van der Waals surface area contributed by atoms with Crippen molar-refractivity contribution in [2.24, 2.45) is 0 Å². The summed E-state index contributed by atoms with van der Waals surface area (Å²) in [6.07, 6.45) is -3.08. The van der Waals surface area contributed by atoms with Crippen LogP contribution >= 0.6 is 0 Å². The summed E-state index contributed by atoms with van der Waals surface area (Å²) in [5.41, 5.74) is -2.62. The summed E-state index contributed by atoms with van der Waals surface area (Å²) in [6, 6.07) is 0. The zero-order chi connectivity index (χ0) is 12.6. The molecule has 1 aromatic rings. The van der Waals surface area contributed by atoms with E-state index in [1.807, 2.05) is 0 Å². The van der Waals surface area contributed by atoms with Crippen LogP contribution in [0.25, 0.3) is 0 Å². The molecule has 16 heavy (non-hydrogen) atoms. The number of hydrogen-bond acceptors (Lipinski definition) is 3. The number of nitrogens with zero attached hydrogens (tertiary/aromatic N) is 2. The van der Waals surface area contributed by atoms with E-state index in [1.165, 1.54) is 6.92 Å². The van der Waals surface area contributed by atoms with Gasteiger partial charge >= 0.3 is 6.18 Å². The minimum Gasteiger partial charge on any atom is -0.380 e. The van der Waals surface area contributed by atoms with Gasteiger partial charge < -0.3 is 5.11 Å². The maximum Gasteiger partial charge on any atom is 0.419 e. The van der Waals surface area contributed by atoms with E-state index in [0.717, 1.165) is 17.8 Å². The highest BCUT2D eigenvalue weighted by Gasteiger charge is 2.33. The molecule has 1 heterocycles. The molecule has 1 aromatic heterocycles. The van der Waals surface area contributed by atoms with Gasteiger partial charge in [-0.1, -0.05) is 0 Å². The van der Waals surface area contributed by atoms with E-state index in [2.05, 4.69) is 5.10 Å². The van der Waals surface area contributed by atoms with E-state index in [4.69, 9.17) is 0 Å². The summed E-state index contributed by atoms with van der Waals surface area (Å²) < 4.78 is 37.5. The molecule has 0 aliphatic heterocycles. The molecule has 0 bridgehead atoms. The van der Waals surface area contributed by atoms with E-state index < -0.39 is 23.1 Å². The number of ketones is 1. The first-order valence-corrected chi connectivity index (χ1v) is 4.46. The topological polar surface area (TPSA) is 55.1 Å². The maximum absolute atomic E-state index is 12.2. The number of alkyl halides is 3. The third kappa shape index (κ3) is 2.82. The Morgan fingerprint density at radius 2 is 2.12 bits per heavy atom. The number of aromatic nitrogens is 2. The second-order valence-corrected chi connectivity index (χ2v) is 3.75. The Bertz CT molecular complexity index is 396. The molecule has 0 fully saturated rings. The average molecular weight is 236 g/mol. The molecule has 7 heteroatoms. The molecule has 0 saturated carbocycles. The van der Waals surface area contributed by atoms with Crippen molar-refractivity contribution >= 4 is 5.78 Å². The molecule has 1 atom stereocenters. The van der Waals surface area contributed by atoms with Crippen molar-refractivity contribution in [2.75, 3.05) is 0 Å². The second-order valence-electron chi connectivity index (χ2n) is 3.75. The molecule has 0 aliphatic rings. The normalized spacial score (nSPS) is 15.9. The highest BCUT2D eigenvalue weighted by atomic mass is 19.4. The van der Waals surface area contributed by atoms with E-state index in [1.54, 1.807) is 0 Å². The van der Waals surface area contributed by atoms with Gasteiger partial charge in [0.2, 0.25) is 0 Å². The third-order valence-electron chi connectivity index (χ3n) is 2.19. The average Bonchev–Trinajstić information content (AvgIpc) is 2.50. The molecule has 90 valence electrons. The summed E-state index contributed by atoms with van der Waals surface area (Å²) in [7, 11) is 0. The van der Waals surface area contributed by atoms with Crippen LogP contribution in [0, 0.1) is 0 Å². The van der Waals surface area contributed by atoms with E-state index in [9.17, 15) is 23.1 Å². The Kier molecular flexibility index (Phi) is 3.09. The van der Waals surface area contributed by atoms with E-state index in [-0.39, 0.29) is 6.54 Å². The Morgan fingerprint density at radius 3 is 2.50 bits per heavy atom. The number of carbonyl (C=O) groups excluding carboxylic acids is 1. The zero-order valence-electron chi connectivity index (χ0n) is 8.75. The van der Waals surface area contributed by atoms with Crippen LogP contribution in [-0.2, 0) is 17.5 Å². The van der Waals surface area contributed by atoms with Gasteiger partial charge in [0, 0.05) is 6.20 Å². The highest BCUT2D eigenvalue weighted by Crippen LogP contribution is 2.28. The smallest absolute Gasteiger partial charge is 0.380 e. The number of carbonyl (C=O) groups is 1. The predicted octanol–water partition coefficient (Wildman–Crippen LogP) is 1.24. The van der Waals surface area contributed by atoms with Gasteiger partial charge in [-0.15, -0.1) is 0 Å².